The maximum atomic E-state index is 11.4. The van der Waals surface area contributed by atoms with Gasteiger partial charge in [-0.05, 0) is 6.92 Å². The molecule has 0 spiro atoms. The molecule has 1 heterocycles. The van der Waals surface area contributed by atoms with Gasteiger partial charge in [0.25, 0.3) is 0 Å². The first-order valence-electron chi connectivity index (χ1n) is 5.66. The number of nitrogens with two attached hydrogens (primary N) is 1. The highest BCUT2D eigenvalue weighted by atomic mass is 16.2. The Bertz CT molecular complexity index is 249. The van der Waals surface area contributed by atoms with Crippen molar-refractivity contribution in [3.8, 4) is 0 Å². The van der Waals surface area contributed by atoms with Crippen molar-refractivity contribution >= 4 is 11.8 Å². The van der Waals surface area contributed by atoms with E-state index in [0.29, 0.717) is 6.54 Å². The monoisotopic (exact) mass is 228 g/mol. The molecular weight excluding hydrogens is 208 g/mol. The van der Waals surface area contributed by atoms with Crippen LogP contribution in [0.25, 0.3) is 0 Å². The van der Waals surface area contributed by atoms with Crippen LogP contribution in [0.2, 0.25) is 0 Å². The molecule has 0 aliphatic carbocycles. The second-order valence-electron chi connectivity index (χ2n) is 3.86. The molecule has 1 atom stereocenters. The topological polar surface area (TPSA) is 87.5 Å². The van der Waals surface area contributed by atoms with Gasteiger partial charge in [-0.2, -0.15) is 0 Å². The minimum atomic E-state index is -0.478. The van der Waals surface area contributed by atoms with Gasteiger partial charge in [-0.15, -0.1) is 0 Å². The molecule has 0 radical (unpaired) electrons. The molecule has 0 aromatic heterocycles. The number of primary amides is 1. The van der Waals surface area contributed by atoms with Gasteiger partial charge in [0.15, 0.2) is 0 Å². The smallest absolute Gasteiger partial charge is 0.235 e. The van der Waals surface area contributed by atoms with E-state index in [1.165, 1.54) is 0 Å². The Morgan fingerprint density at radius 2 is 2.06 bits per heavy atom. The average Bonchev–Trinajstić information content (AvgIpc) is 2.27. The van der Waals surface area contributed by atoms with Crippen molar-refractivity contribution in [2.75, 3.05) is 32.7 Å². The predicted molar refractivity (Wildman–Crippen MR) is 60.7 cm³/mol. The van der Waals surface area contributed by atoms with Crippen molar-refractivity contribution in [1.29, 1.82) is 0 Å². The van der Waals surface area contributed by atoms with Crippen LogP contribution in [0.3, 0.4) is 0 Å². The van der Waals surface area contributed by atoms with E-state index >= 15 is 0 Å². The van der Waals surface area contributed by atoms with Gasteiger partial charge >= 0.3 is 0 Å². The summed E-state index contributed by atoms with van der Waals surface area (Å²) in [6.45, 7) is 5.60. The van der Waals surface area contributed by atoms with E-state index in [1.54, 1.807) is 0 Å². The average molecular weight is 228 g/mol. The van der Waals surface area contributed by atoms with E-state index in [1.807, 2.05) is 11.8 Å². The summed E-state index contributed by atoms with van der Waals surface area (Å²) in [7, 11) is 0. The molecule has 0 saturated carbocycles. The Morgan fingerprint density at radius 1 is 1.44 bits per heavy atom. The Labute approximate surface area is 95.5 Å². The lowest BCUT2D eigenvalue weighted by atomic mass is 10.1. The summed E-state index contributed by atoms with van der Waals surface area (Å²) in [5.41, 5.74) is 5.33. The zero-order valence-corrected chi connectivity index (χ0v) is 9.66. The van der Waals surface area contributed by atoms with Crippen molar-refractivity contribution in [3.05, 3.63) is 0 Å². The van der Waals surface area contributed by atoms with E-state index in [-0.39, 0.29) is 12.3 Å². The molecule has 0 aromatic rings. The minimum Gasteiger partial charge on any atom is -0.368 e. The summed E-state index contributed by atoms with van der Waals surface area (Å²) in [4.78, 5) is 24.7. The van der Waals surface area contributed by atoms with E-state index in [9.17, 15) is 9.59 Å². The fourth-order valence-corrected chi connectivity index (χ4v) is 1.85. The highest BCUT2D eigenvalue weighted by molar-refractivity contribution is 5.87. The molecule has 1 aliphatic rings. The first-order valence-corrected chi connectivity index (χ1v) is 5.66. The summed E-state index contributed by atoms with van der Waals surface area (Å²) in [5.74, 6) is -0.544. The molecule has 92 valence electrons. The number of nitrogens with one attached hydrogen (secondary N) is 2. The number of carbonyl (C=O) groups excluding carboxylic acids is 2. The van der Waals surface area contributed by atoms with Crippen molar-refractivity contribution in [3.63, 3.8) is 0 Å². The van der Waals surface area contributed by atoms with E-state index in [2.05, 4.69) is 10.6 Å². The number of carbonyl (C=O) groups is 2. The van der Waals surface area contributed by atoms with Gasteiger partial charge in [-0.1, -0.05) is 0 Å². The van der Waals surface area contributed by atoms with Crippen LogP contribution in [0.15, 0.2) is 0 Å². The summed E-state index contributed by atoms with van der Waals surface area (Å²) in [6.07, 6.45) is 0.156. The van der Waals surface area contributed by atoms with Crippen LogP contribution in [0.1, 0.15) is 13.3 Å². The van der Waals surface area contributed by atoms with Gasteiger partial charge in [0.1, 0.15) is 0 Å². The lowest BCUT2D eigenvalue weighted by Gasteiger charge is -2.32. The largest absolute Gasteiger partial charge is 0.368 e. The van der Waals surface area contributed by atoms with Crippen LogP contribution >= 0.6 is 0 Å². The maximum Gasteiger partial charge on any atom is 0.235 e. The van der Waals surface area contributed by atoms with Crippen LogP contribution in [-0.4, -0.2) is 55.5 Å². The Hall–Kier alpha value is -1.14. The van der Waals surface area contributed by atoms with Crippen molar-refractivity contribution in [1.82, 2.24) is 15.5 Å². The van der Waals surface area contributed by atoms with Gasteiger partial charge in [0, 0.05) is 32.7 Å². The minimum absolute atomic E-state index is 0.121. The van der Waals surface area contributed by atoms with Gasteiger partial charge in [-0.3, -0.25) is 14.5 Å². The number of rotatable bonds is 5. The van der Waals surface area contributed by atoms with Crippen molar-refractivity contribution < 1.29 is 9.59 Å². The fourth-order valence-electron chi connectivity index (χ4n) is 1.85. The third-order valence-electron chi connectivity index (χ3n) is 2.67. The highest BCUT2D eigenvalue weighted by Crippen LogP contribution is 2.05. The molecule has 1 unspecified atom stereocenters. The van der Waals surface area contributed by atoms with Crippen molar-refractivity contribution in [2.45, 2.75) is 19.4 Å². The molecule has 6 heteroatoms. The van der Waals surface area contributed by atoms with E-state index < -0.39 is 11.9 Å². The molecule has 0 aromatic carbocycles. The van der Waals surface area contributed by atoms with Gasteiger partial charge < -0.3 is 16.4 Å². The first-order chi connectivity index (χ1) is 7.65. The van der Waals surface area contributed by atoms with Gasteiger partial charge in [0.05, 0.1) is 12.5 Å². The molecule has 4 N–H and O–H groups in total. The quantitative estimate of drug-likeness (QED) is 0.522. The third kappa shape index (κ3) is 3.79. The highest BCUT2D eigenvalue weighted by Gasteiger charge is 2.27. The summed E-state index contributed by atoms with van der Waals surface area (Å²) in [6, 6.07) is -0.478. The van der Waals surface area contributed by atoms with Crippen LogP contribution in [0, 0.1) is 0 Å². The molecular formula is C10H20N4O2. The van der Waals surface area contributed by atoms with Gasteiger partial charge in [-0.25, -0.2) is 0 Å². The number of nitrogens with zero attached hydrogens (tertiary/aromatic N) is 1. The number of amides is 2. The summed E-state index contributed by atoms with van der Waals surface area (Å²) in [5, 5.41) is 5.87. The summed E-state index contributed by atoms with van der Waals surface area (Å²) < 4.78 is 0. The molecule has 16 heavy (non-hydrogen) atoms. The van der Waals surface area contributed by atoms with E-state index in [4.69, 9.17) is 5.73 Å². The molecule has 1 fully saturated rings. The first kappa shape index (κ1) is 12.9. The van der Waals surface area contributed by atoms with Crippen LogP contribution in [0.4, 0.5) is 0 Å². The maximum absolute atomic E-state index is 11.4. The van der Waals surface area contributed by atoms with Crippen molar-refractivity contribution in [2.24, 2.45) is 5.73 Å². The Balaban J connectivity index is 2.52. The molecule has 1 rings (SSSR count). The fraction of sp³-hybridized carbons (Fsp3) is 0.800. The normalized spacial score (nSPS) is 19.1. The molecule has 2 amide bonds. The zero-order chi connectivity index (χ0) is 12.0. The third-order valence-corrected chi connectivity index (χ3v) is 2.67. The number of hydrogen-bond donors (Lipinski definition) is 3. The number of piperazine rings is 1. The van der Waals surface area contributed by atoms with E-state index in [0.717, 1.165) is 26.2 Å². The summed E-state index contributed by atoms with van der Waals surface area (Å²) >= 11 is 0. The molecule has 1 saturated heterocycles. The lowest BCUT2D eigenvalue weighted by Crippen LogP contribution is -2.54. The Kier molecular flexibility index (Phi) is 5.21. The zero-order valence-electron chi connectivity index (χ0n) is 9.66. The molecule has 6 nitrogen and oxygen atoms in total. The van der Waals surface area contributed by atoms with Crippen LogP contribution < -0.4 is 16.4 Å². The second kappa shape index (κ2) is 6.44. The second-order valence-corrected chi connectivity index (χ2v) is 3.86. The van der Waals surface area contributed by atoms with Crippen LogP contribution in [-0.2, 0) is 9.59 Å². The standard InChI is InChI=1S/C10H20N4O2/c1-2-13-9(15)7-8(10(11)16)14-5-3-12-4-6-14/h8,12H,2-7H2,1H3,(H2,11,16)(H,13,15). The predicted octanol–water partition coefficient (Wildman–Crippen LogP) is -1.73. The molecule has 1 aliphatic heterocycles. The lowest BCUT2D eigenvalue weighted by molar-refractivity contribution is -0.130. The number of hydrogen-bond acceptors (Lipinski definition) is 4. The SMILES string of the molecule is CCNC(=O)CC(C(N)=O)N1CCNCC1. The van der Waals surface area contributed by atoms with Crippen LogP contribution in [0.5, 0.6) is 0 Å². The Morgan fingerprint density at radius 3 is 2.56 bits per heavy atom. The van der Waals surface area contributed by atoms with Gasteiger partial charge in [0.2, 0.25) is 11.8 Å². The molecule has 0 bridgehead atoms.